The summed E-state index contributed by atoms with van der Waals surface area (Å²) in [5.41, 5.74) is -0.125. The van der Waals surface area contributed by atoms with Crippen molar-refractivity contribution in [1.82, 2.24) is 9.97 Å². The lowest BCUT2D eigenvalue weighted by Gasteiger charge is -2.10. The van der Waals surface area contributed by atoms with E-state index in [2.05, 4.69) is 15.3 Å². The molecule has 0 bridgehead atoms. The molecule has 0 aliphatic rings. The summed E-state index contributed by atoms with van der Waals surface area (Å²) in [6.07, 6.45) is -4.76. The smallest absolute Gasteiger partial charge is 0.338 e. The van der Waals surface area contributed by atoms with Crippen LogP contribution in [0.2, 0.25) is 10.2 Å². The summed E-state index contributed by atoms with van der Waals surface area (Å²) >= 11 is 11.0. The highest BCUT2D eigenvalue weighted by Gasteiger charge is 2.35. The van der Waals surface area contributed by atoms with Gasteiger partial charge in [-0.3, -0.25) is 0 Å². The van der Waals surface area contributed by atoms with Crippen LogP contribution in [0.5, 0.6) is 0 Å². The fraction of sp³-hybridized carbons (Fsp3) is 0.0909. The predicted molar refractivity (Wildman–Crippen MR) is 66.7 cm³/mol. The van der Waals surface area contributed by atoms with Gasteiger partial charge in [0.15, 0.2) is 5.82 Å². The van der Waals surface area contributed by atoms with Gasteiger partial charge in [-0.25, -0.2) is 14.4 Å². The van der Waals surface area contributed by atoms with Crippen molar-refractivity contribution in [2.45, 2.75) is 6.18 Å². The first-order valence-electron chi connectivity index (χ1n) is 5.10. The lowest BCUT2D eigenvalue weighted by Crippen LogP contribution is -2.12. The van der Waals surface area contributed by atoms with E-state index >= 15 is 0 Å². The molecule has 1 heterocycles. The zero-order valence-electron chi connectivity index (χ0n) is 9.47. The second kappa shape index (κ2) is 5.41. The van der Waals surface area contributed by atoms with Crippen molar-refractivity contribution in [3.63, 3.8) is 0 Å². The Bertz CT molecular complexity index is 646. The van der Waals surface area contributed by atoms with Crippen molar-refractivity contribution in [3.05, 3.63) is 46.1 Å². The Morgan fingerprint density at radius 2 is 1.80 bits per heavy atom. The van der Waals surface area contributed by atoms with E-state index in [1.165, 1.54) is 18.2 Å². The van der Waals surface area contributed by atoms with Crippen LogP contribution in [-0.2, 0) is 6.18 Å². The van der Waals surface area contributed by atoms with Gasteiger partial charge in [-0.2, -0.15) is 13.2 Å². The van der Waals surface area contributed by atoms with E-state index in [1.807, 2.05) is 0 Å². The normalized spacial score (nSPS) is 11.5. The molecule has 106 valence electrons. The first-order chi connectivity index (χ1) is 9.27. The first kappa shape index (κ1) is 14.8. The molecule has 0 saturated heterocycles. The highest BCUT2D eigenvalue weighted by molar-refractivity contribution is 6.31. The maximum absolute atomic E-state index is 13.6. The third-order valence-corrected chi connectivity index (χ3v) is 2.65. The van der Waals surface area contributed by atoms with Gasteiger partial charge in [0.2, 0.25) is 5.82 Å². The van der Waals surface area contributed by atoms with Crippen LogP contribution in [-0.4, -0.2) is 9.97 Å². The molecular weight excluding hydrogens is 321 g/mol. The zero-order valence-corrected chi connectivity index (χ0v) is 11.0. The van der Waals surface area contributed by atoms with Crippen molar-refractivity contribution in [1.29, 1.82) is 0 Å². The van der Waals surface area contributed by atoms with Crippen LogP contribution in [0.3, 0.4) is 0 Å². The Hall–Kier alpha value is -1.60. The van der Waals surface area contributed by atoms with Gasteiger partial charge >= 0.3 is 6.18 Å². The minimum absolute atomic E-state index is 0.125. The lowest BCUT2D eigenvalue weighted by atomic mass is 10.3. The third kappa shape index (κ3) is 3.29. The molecule has 0 radical (unpaired) electrons. The average molecular weight is 326 g/mol. The van der Waals surface area contributed by atoms with Crippen LogP contribution in [0.25, 0.3) is 0 Å². The summed E-state index contributed by atoms with van der Waals surface area (Å²) in [6.45, 7) is 0. The minimum Gasteiger partial charge on any atom is -0.338 e. The molecule has 0 fully saturated rings. The SMILES string of the molecule is Fc1c(Cl)cccc1Nc1cc(Cl)nc(C(F)(F)F)n1. The highest BCUT2D eigenvalue weighted by atomic mass is 35.5. The Kier molecular flexibility index (Phi) is 4.01. The highest BCUT2D eigenvalue weighted by Crippen LogP contribution is 2.30. The number of nitrogens with zero attached hydrogens (tertiary/aromatic N) is 2. The van der Waals surface area contributed by atoms with Gasteiger partial charge in [-0.1, -0.05) is 29.3 Å². The number of hydrogen-bond acceptors (Lipinski definition) is 3. The molecule has 1 N–H and O–H groups in total. The predicted octanol–water partition coefficient (Wildman–Crippen LogP) is 4.68. The molecule has 2 rings (SSSR count). The molecule has 20 heavy (non-hydrogen) atoms. The molecule has 0 unspecified atom stereocenters. The Labute approximate surface area is 120 Å². The molecule has 0 atom stereocenters. The molecule has 9 heteroatoms. The molecule has 1 aromatic heterocycles. The summed E-state index contributed by atoms with van der Waals surface area (Å²) in [5.74, 6) is -2.52. The summed E-state index contributed by atoms with van der Waals surface area (Å²) < 4.78 is 51.2. The number of benzene rings is 1. The maximum Gasteiger partial charge on any atom is 0.451 e. The van der Waals surface area contributed by atoms with Crippen molar-refractivity contribution in [2.75, 3.05) is 5.32 Å². The van der Waals surface area contributed by atoms with Crippen LogP contribution in [0.15, 0.2) is 24.3 Å². The van der Waals surface area contributed by atoms with E-state index in [0.29, 0.717) is 0 Å². The Balaban J connectivity index is 2.39. The van der Waals surface area contributed by atoms with Crippen molar-refractivity contribution >= 4 is 34.7 Å². The molecular formula is C11H5Cl2F4N3. The number of halogens is 6. The van der Waals surface area contributed by atoms with E-state index in [-0.39, 0.29) is 16.5 Å². The first-order valence-corrected chi connectivity index (χ1v) is 5.86. The number of anilines is 2. The van der Waals surface area contributed by atoms with E-state index in [1.54, 1.807) is 0 Å². The molecule has 0 saturated carbocycles. The fourth-order valence-corrected chi connectivity index (χ4v) is 1.70. The van der Waals surface area contributed by atoms with Crippen LogP contribution in [0.1, 0.15) is 5.82 Å². The standard InChI is InChI=1S/C11H5Cl2F4N3/c12-5-2-1-3-6(9(5)14)18-8-4-7(13)19-10(20-8)11(15,16)17/h1-4H,(H,18,19,20). The van der Waals surface area contributed by atoms with Gasteiger partial charge < -0.3 is 5.32 Å². The number of alkyl halides is 3. The topological polar surface area (TPSA) is 37.8 Å². The lowest BCUT2D eigenvalue weighted by molar-refractivity contribution is -0.144. The quantitative estimate of drug-likeness (QED) is 0.643. The van der Waals surface area contributed by atoms with Gasteiger partial charge in [0, 0.05) is 6.07 Å². The van der Waals surface area contributed by atoms with Gasteiger partial charge in [0.25, 0.3) is 0 Å². The fourth-order valence-electron chi connectivity index (χ4n) is 1.35. The number of rotatable bonds is 2. The second-order valence-corrected chi connectivity index (χ2v) is 4.42. The number of hydrogen-bond donors (Lipinski definition) is 1. The van der Waals surface area contributed by atoms with E-state index in [9.17, 15) is 17.6 Å². The van der Waals surface area contributed by atoms with Gasteiger partial charge in [-0.05, 0) is 12.1 Å². The zero-order chi connectivity index (χ0) is 14.9. The molecule has 0 spiro atoms. The van der Waals surface area contributed by atoms with Crippen molar-refractivity contribution < 1.29 is 17.6 Å². The second-order valence-electron chi connectivity index (χ2n) is 3.62. The molecule has 1 aromatic carbocycles. The number of nitrogens with one attached hydrogen (secondary N) is 1. The van der Waals surface area contributed by atoms with Crippen molar-refractivity contribution in [2.24, 2.45) is 0 Å². The van der Waals surface area contributed by atoms with Crippen LogP contribution >= 0.6 is 23.2 Å². The Morgan fingerprint density at radius 3 is 2.45 bits per heavy atom. The van der Waals surface area contributed by atoms with Gasteiger partial charge in [-0.15, -0.1) is 0 Å². The largest absolute Gasteiger partial charge is 0.451 e. The molecule has 0 aliphatic heterocycles. The van der Waals surface area contributed by atoms with E-state index in [4.69, 9.17) is 23.2 Å². The summed E-state index contributed by atoms with van der Waals surface area (Å²) in [7, 11) is 0. The number of aromatic nitrogens is 2. The van der Waals surface area contributed by atoms with Gasteiger partial charge in [0.1, 0.15) is 11.0 Å². The molecule has 3 nitrogen and oxygen atoms in total. The molecule has 2 aromatic rings. The molecule has 0 aliphatic carbocycles. The monoisotopic (exact) mass is 325 g/mol. The van der Waals surface area contributed by atoms with Crippen molar-refractivity contribution in [3.8, 4) is 0 Å². The van der Waals surface area contributed by atoms with E-state index in [0.717, 1.165) is 6.07 Å². The third-order valence-electron chi connectivity index (χ3n) is 2.16. The van der Waals surface area contributed by atoms with Crippen LogP contribution in [0, 0.1) is 5.82 Å². The summed E-state index contributed by atoms with van der Waals surface area (Å²) in [4.78, 5) is 6.29. The summed E-state index contributed by atoms with van der Waals surface area (Å²) in [5, 5.41) is 1.78. The Morgan fingerprint density at radius 1 is 1.10 bits per heavy atom. The summed E-state index contributed by atoms with van der Waals surface area (Å²) in [6, 6.07) is 5.07. The molecule has 0 amide bonds. The average Bonchev–Trinajstić information content (AvgIpc) is 2.33. The van der Waals surface area contributed by atoms with Gasteiger partial charge in [0.05, 0.1) is 10.7 Å². The maximum atomic E-state index is 13.6. The van der Waals surface area contributed by atoms with Crippen LogP contribution < -0.4 is 5.32 Å². The van der Waals surface area contributed by atoms with E-state index < -0.39 is 23.0 Å². The van der Waals surface area contributed by atoms with Crippen LogP contribution in [0.4, 0.5) is 29.1 Å². The minimum atomic E-state index is -4.76.